The summed E-state index contributed by atoms with van der Waals surface area (Å²) in [5, 5.41) is 19.2. The van der Waals surface area contributed by atoms with E-state index in [1.54, 1.807) is 6.07 Å². The molecule has 16 heavy (non-hydrogen) atoms. The molecule has 3 N–H and O–H groups in total. The number of nitro benzene ring substituents is 1. The van der Waals surface area contributed by atoms with E-state index in [4.69, 9.17) is 9.88 Å². The Balaban J connectivity index is 3.34. The Labute approximate surface area is 97.4 Å². The van der Waals surface area contributed by atoms with Crippen molar-refractivity contribution >= 4 is 23.3 Å². The van der Waals surface area contributed by atoms with Crippen LogP contribution in [0.25, 0.3) is 0 Å². The fourth-order valence-corrected chi connectivity index (χ4v) is 1.66. The van der Waals surface area contributed by atoms with Gasteiger partial charge in [-0.15, -0.1) is 0 Å². The van der Waals surface area contributed by atoms with Crippen molar-refractivity contribution in [1.29, 1.82) is 0 Å². The van der Waals surface area contributed by atoms with E-state index in [2.05, 4.69) is 5.32 Å². The van der Waals surface area contributed by atoms with Gasteiger partial charge in [0.2, 0.25) is 0 Å². The van der Waals surface area contributed by atoms with Gasteiger partial charge in [0, 0.05) is 17.5 Å². The number of nitrogens with two attached hydrogens (primary N) is 1. The van der Waals surface area contributed by atoms with Crippen LogP contribution < -0.4 is 15.2 Å². The Bertz CT molecular complexity index is 398. The van der Waals surface area contributed by atoms with Crippen molar-refractivity contribution in [3.05, 3.63) is 22.2 Å². The number of nitro groups is 1. The number of nitrogens with one attached hydrogen (secondary N) is 1. The maximum atomic E-state index is 10.9. The van der Waals surface area contributed by atoms with Gasteiger partial charge in [-0.25, -0.2) is 0 Å². The highest BCUT2D eigenvalue weighted by atomic mass is 32.2. The van der Waals surface area contributed by atoms with E-state index in [9.17, 15) is 10.1 Å². The molecule has 0 heterocycles. The van der Waals surface area contributed by atoms with Gasteiger partial charge in [0.15, 0.2) is 5.69 Å². The second-order valence-electron chi connectivity index (χ2n) is 2.92. The molecule has 0 radical (unpaired) electrons. The monoisotopic (exact) mass is 243 g/mol. The third-order valence-corrected chi connectivity index (χ3v) is 2.47. The number of methoxy groups -OCH3 is 1. The average Bonchev–Trinajstić information content (AvgIpc) is 2.29. The van der Waals surface area contributed by atoms with Crippen LogP contribution in [0, 0.1) is 10.1 Å². The van der Waals surface area contributed by atoms with Gasteiger partial charge in [-0.05, 0) is 24.9 Å². The Morgan fingerprint density at radius 1 is 1.62 bits per heavy atom. The van der Waals surface area contributed by atoms with E-state index in [1.165, 1.54) is 13.2 Å². The third kappa shape index (κ3) is 2.56. The zero-order valence-electron chi connectivity index (χ0n) is 9.02. The molecule has 0 saturated carbocycles. The normalized spacial score (nSPS) is 9.94. The predicted octanol–water partition coefficient (Wildman–Crippen LogP) is 2.00. The maximum absolute atomic E-state index is 10.9. The van der Waals surface area contributed by atoms with Gasteiger partial charge < -0.3 is 10.1 Å². The Hall–Kier alpha value is -1.47. The van der Waals surface area contributed by atoms with Crippen molar-refractivity contribution in [2.24, 2.45) is 5.14 Å². The molecule has 0 atom stereocenters. The molecule has 0 aliphatic rings. The van der Waals surface area contributed by atoms with Gasteiger partial charge in [0.25, 0.3) is 5.69 Å². The number of rotatable bonds is 5. The first-order chi connectivity index (χ1) is 7.63. The van der Waals surface area contributed by atoms with Gasteiger partial charge >= 0.3 is 0 Å². The quantitative estimate of drug-likeness (QED) is 0.467. The summed E-state index contributed by atoms with van der Waals surface area (Å²) in [5.41, 5.74) is 0.349. The van der Waals surface area contributed by atoms with Crippen LogP contribution in [-0.4, -0.2) is 18.6 Å². The summed E-state index contributed by atoms with van der Waals surface area (Å²) >= 11 is 0.944. The van der Waals surface area contributed by atoms with Crippen LogP contribution in [0.1, 0.15) is 6.92 Å². The molecule has 0 bridgehead atoms. The number of hydrogen-bond acceptors (Lipinski definition) is 6. The highest BCUT2D eigenvalue weighted by Crippen LogP contribution is 2.37. The lowest BCUT2D eigenvalue weighted by molar-refractivity contribution is -0.384. The Morgan fingerprint density at radius 3 is 2.75 bits per heavy atom. The van der Waals surface area contributed by atoms with Crippen molar-refractivity contribution in [3.8, 4) is 5.75 Å². The summed E-state index contributed by atoms with van der Waals surface area (Å²) < 4.78 is 5.10. The van der Waals surface area contributed by atoms with Gasteiger partial charge in [-0.2, -0.15) is 0 Å². The Kier molecular flexibility index (Phi) is 4.39. The molecule has 0 aliphatic carbocycles. The average molecular weight is 243 g/mol. The first kappa shape index (κ1) is 12.6. The summed E-state index contributed by atoms with van der Waals surface area (Å²) in [5.74, 6) is 0.420. The standard InChI is InChI=1S/C9H13N3O3S/c1-3-11-9-7(12(13)14)4-6(16-10)5-8(9)15-2/h4-5,11H,3,10H2,1-2H3. The van der Waals surface area contributed by atoms with E-state index < -0.39 is 4.92 Å². The fourth-order valence-electron chi connectivity index (χ4n) is 1.30. The summed E-state index contributed by atoms with van der Waals surface area (Å²) in [6.45, 7) is 2.43. The number of nitrogens with zero attached hydrogens (tertiary/aromatic N) is 1. The predicted molar refractivity (Wildman–Crippen MR) is 63.9 cm³/mol. The van der Waals surface area contributed by atoms with Crippen LogP contribution >= 0.6 is 11.9 Å². The molecular weight excluding hydrogens is 230 g/mol. The maximum Gasteiger partial charge on any atom is 0.297 e. The topological polar surface area (TPSA) is 90.4 Å². The highest BCUT2D eigenvalue weighted by molar-refractivity contribution is 7.97. The first-order valence-corrected chi connectivity index (χ1v) is 5.49. The molecule has 0 aliphatic heterocycles. The smallest absolute Gasteiger partial charge is 0.297 e. The number of anilines is 1. The van der Waals surface area contributed by atoms with Gasteiger partial charge in [0.05, 0.1) is 12.0 Å². The van der Waals surface area contributed by atoms with E-state index in [0.717, 1.165) is 11.9 Å². The first-order valence-electron chi connectivity index (χ1n) is 4.61. The van der Waals surface area contributed by atoms with Crippen molar-refractivity contribution in [2.75, 3.05) is 19.0 Å². The second-order valence-corrected chi connectivity index (χ2v) is 3.63. The molecule has 1 aromatic carbocycles. The van der Waals surface area contributed by atoms with Crippen molar-refractivity contribution in [1.82, 2.24) is 0 Å². The van der Waals surface area contributed by atoms with E-state index in [1.807, 2.05) is 6.92 Å². The minimum atomic E-state index is -0.458. The summed E-state index contributed by atoms with van der Waals surface area (Å²) in [7, 11) is 1.46. The fraction of sp³-hybridized carbons (Fsp3) is 0.333. The molecule has 1 aromatic rings. The zero-order chi connectivity index (χ0) is 12.1. The number of ether oxygens (including phenoxy) is 1. The highest BCUT2D eigenvalue weighted by Gasteiger charge is 2.19. The largest absolute Gasteiger partial charge is 0.494 e. The van der Waals surface area contributed by atoms with Crippen molar-refractivity contribution in [2.45, 2.75) is 11.8 Å². The minimum Gasteiger partial charge on any atom is -0.494 e. The van der Waals surface area contributed by atoms with Crippen LogP contribution in [0.2, 0.25) is 0 Å². The lowest BCUT2D eigenvalue weighted by Crippen LogP contribution is -2.04. The SMILES string of the molecule is CCNc1c(OC)cc(SN)cc1[N+](=O)[O-]. The van der Waals surface area contributed by atoms with E-state index in [-0.39, 0.29) is 5.69 Å². The van der Waals surface area contributed by atoms with E-state index >= 15 is 0 Å². The van der Waals surface area contributed by atoms with Crippen molar-refractivity contribution in [3.63, 3.8) is 0 Å². The molecule has 88 valence electrons. The summed E-state index contributed by atoms with van der Waals surface area (Å²) in [6, 6.07) is 3.08. The minimum absolute atomic E-state index is 0.0332. The van der Waals surface area contributed by atoms with Crippen LogP contribution in [-0.2, 0) is 0 Å². The molecule has 0 amide bonds. The van der Waals surface area contributed by atoms with Gasteiger partial charge in [0.1, 0.15) is 5.75 Å². The second kappa shape index (κ2) is 5.57. The molecule has 7 heteroatoms. The summed E-state index contributed by atoms with van der Waals surface area (Å²) in [4.78, 5) is 11.0. The number of hydrogen-bond donors (Lipinski definition) is 2. The zero-order valence-corrected chi connectivity index (χ0v) is 9.84. The number of benzene rings is 1. The van der Waals surface area contributed by atoms with E-state index in [0.29, 0.717) is 22.9 Å². The Morgan fingerprint density at radius 2 is 2.31 bits per heavy atom. The molecule has 0 aromatic heterocycles. The van der Waals surface area contributed by atoms with Crippen LogP contribution in [0.15, 0.2) is 17.0 Å². The third-order valence-electron chi connectivity index (χ3n) is 1.96. The molecule has 0 spiro atoms. The van der Waals surface area contributed by atoms with Crippen molar-refractivity contribution < 1.29 is 9.66 Å². The van der Waals surface area contributed by atoms with Gasteiger partial charge in [-0.3, -0.25) is 15.3 Å². The van der Waals surface area contributed by atoms with Gasteiger partial charge in [-0.1, -0.05) is 0 Å². The van der Waals surface area contributed by atoms with Crippen LogP contribution in [0.5, 0.6) is 5.75 Å². The molecule has 0 fully saturated rings. The molecular formula is C9H13N3O3S. The van der Waals surface area contributed by atoms with Crippen LogP contribution in [0.3, 0.4) is 0 Å². The lowest BCUT2D eigenvalue weighted by atomic mass is 10.2. The molecule has 1 rings (SSSR count). The molecule has 6 nitrogen and oxygen atoms in total. The lowest BCUT2D eigenvalue weighted by Gasteiger charge is -2.11. The molecule has 0 saturated heterocycles. The summed E-state index contributed by atoms with van der Waals surface area (Å²) in [6.07, 6.45) is 0. The van der Waals surface area contributed by atoms with Crippen LogP contribution in [0.4, 0.5) is 11.4 Å². The molecule has 0 unspecified atom stereocenters.